The first-order valence-corrected chi connectivity index (χ1v) is 12.8. The first-order valence-electron chi connectivity index (χ1n) is 12.8. The van der Waals surface area contributed by atoms with Crippen molar-refractivity contribution < 1.29 is 14.0 Å². The van der Waals surface area contributed by atoms with Gasteiger partial charge < -0.3 is 20.5 Å². The molecular weight excluding hydrogens is 477 g/mol. The molecular formula is C26H30FN7O3. The second-order valence-electron chi connectivity index (χ2n) is 11.0. The molecule has 3 aromatic rings. The highest BCUT2D eigenvalue weighted by molar-refractivity contribution is 5.98. The van der Waals surface area contributed by atoms with Gasteiger partial charge in [0.1, 0.15) is 17.2 Å². The third-order valence-electron chi connectivity index (χ3n) is 8.26. The van der Waals surface area contributed by atoms with Crippen molar-refractivity contribution in [3.63, 3.8) is 0 Å². The number of anilines is 1. The number of nitrogens with zero attached hydrogens (tertiary/aromatic N) is 5. The van der Waals surface area contributed by atoms with Crippen molar-refractivity contribution in [1.29, 1.82) is 0 Å². The van der Waals surface area contributed by atoms with E-state index in [0.29, 0.717) is 11.2 Å². The normalized spacial score (nSPS) is 19.6. The number of carbonyl (C=O) groups is 2. The Bertz CT molecular complexity index is 1460. The third-order valence-corrected chi connectivity index (χ3v) is 8.26. The van der Waals surface area contributed by atoms with E-state index in [2.05, 4.69) is 15.4 Å². The van der Waals surface area contributed by atoms with Gasteiger partial charge in [0.15, 0.2) is 11.9 Å². The summed E-state index contributed by atoms with van der Waals surface area (Å²) in [6.07, 6.45) is 8.19. The van der Waals surface area contributed by atoms with Crippen LogP contribution in [0, 0.1) is 11.2 Å². The quantitative estimate of drug-likeness (QED) is 0.528. The minimum Gasteiger partial charge on any atom is -0.368 e. The van der Waals surface area contributed by atoms with Crippen molar-refractivity contribution >= 4 is 23.3 Å². The van der Waals surface area contributed by atoms with Crippen molar-refractivity contribution in [3.05, 3.63) is 57.5 Å². The zero-order chi connectivity index (χ0) is 26.1. The molecule has 2 aliphatic carbocycles. The summed E-state index contributed by atoms with van der Waals surface area (Å²) in [5.41, 5.74) is 6.59. The predicted octanol–water partition coefficient (Wildman–Crippen LogP) is 2.60. The van der Waals surface area contributed by atoms with Crippen LogP contribution in [0.25, 0.3) is 5.65 Å². The van der Waals surface area contributed by atoms with E-state index in [9.17, 15) is 18.8 Å². The standard InChI is InChI=1S/C26H30FN7O3/c1-14(2)32-13-17-21(25(32)37)33(22(23(28)35)18-6-5-15(27)12-29-18)20-9-19(31-34(20)24(17)36)30-16-10-26(11-16)7-3-4-8-26/h5-6,9,12,14,16,22H,3-4,7-8,10-11,13H2,1-2H3,(H2,28,35)(H,30,31). The van der Waals surface area contributed by atoms with Gasteiger partial charge in [0.2, 0.25) is 5.91 Å². The van der Waals surface area contributed by atoms with Gasteiger partial charge in [-0.2, -0.15) is 4.52 Å². The van der Waals surface area contributed by atoms with Crippen LogP contribution in [0.1, 0.15) is 80.2 Å². The summed E-state index contributed by atoms with van der Waals surface area (Å²) in [6.45, 7) is 3.81. The van der Waals surface area contributed by atoms with Crippen molar-refractivity contribution in [2.24, 2.45) is 11.1 Å². The minimum absolute atomic E-state index is 0.0844. The van der Waals surface area contributed by atoms with Gasteiger partial charge in [-0.25, -0.2) is 4.39 Å². The molecule has 3 aliphatic rings. The Labute approximate surface area is 212 Å². The molecule has 2 saturated carbocycles. The summed E-state index contributed by atoms with van der Waals surface area (Å²) in [4.78, 5) is 45.6. The molecule has 0 bridgehead atoms. The number of pyridine rings is 1. The monoisotopic (exact) mass is 507 g/mol. The number of halogens is 1. The van der Waals surface area contributed by atoms with Crippen LogP contribution in [-0.4, -0.2) is 48.0 Å². The molecule has 10 nitrogen and oxygen atoms in total. The molecule has 2 amide bonds. The van der Waals surface area contributed by atoms with Gasteiger partial charge in [-0.3, -0.25) is 19.4 Å². The highest BCUT2D eigenvalue weighted by atomic mass is 19.1. The lowest BCUT2D eigenvalue weighted by Crippen LogP contribution is -2.43. The van der Waals surface area contributed by atoms with E-state index in [0.717, 1.165) is 19.0 Å². The number of amides is 2. The van der Waals surface area contributed by atoms with E-state index >= 15 is 0 Å². The summed E-state index contributed by atoms with van der Waals surface area (Å²) in [6, 6.07) is 3.04. The lowest BCUT2D eigenvalue weighted by atomic mass is 9.64. The summed E-state index contributed by atoms with van der Waals surface area (Å²) >= 11 is 0. The van der Waals surface area contributed by atoms with Crippen molar-refractivity contribution in [2.45, 2.75) is 77.0 Å². The van der Waals surface area contributed by atoms with E-state index in [4.69, 9.17) is 5.73 Å². The molecule has 194 valence electrons. The van der Waals surface area contributed by atoms with Gasteiger partial charge in [-0.15, -0.1) is 5.10 Å². The van der Waals surface area contributed by atoms with Crippen molar-refractivity contribution in [2.75, 3.05) is 5.32 Å². The van der Waals surface area contributed by atoms with Gasteiger partial charge in [0.05, 0.1) is 24.0 Å². The number of hydrogen-bond acceptors (Lipinski definition) is 6. The first-order chi connectivity index (χ1) is 17.7. The van der Waals surface area contributed by atoms with Crippen LogP contribution in [-0.2, 0) is 11.3 Å². The Kier molecular flexibility index (Phi) is 5.36. The SMILES string of the molecule is CC(C)N1Cc2c(n(C(C(N)=O)c3ccc(F)cn3)c3cc(NC4CC5(CCCC5)C4)nn3c2=O)C1=O. The molecule has 2 fully saturated rings. The predicted molar refractivity (Wildman–Crippen MR) is 134 cm³/mol. The molecule has 3 aromatic heterocycles. The maximum atomic E-state index is 13.6. The molecule has 1 spiro atoms. The van der Waals surface area contributed by atoms with Gasteiger partial charge in [0.25, 0.3) is 11.5 Å². The smallest absolute Gasteiger partial charge is 0.280 e. The number of nitrogens with one attached hydrogen (secondary N) is 1. The molecule has 37 heavy (non-hydrogen) atoms. The molecule has 0 radical (unpaired) electrons. The number of primary amides is 1. The molecule has 1 unspecified atom stereocenters. The fraction of sp³-hybridized carbons (Fsp3) is 0.500. The summed E-state index contributed by atoms with van der Waals surface area (Å²) in [7, 11) is 0. The van der Waals surface area contributed by atoms with Crippen LogP contribution < -0.4 is 16.6 Å². The Hall–Kier alpha value is -3.76. The fourth-order valence-corrected chi connectivity index (χ4v) is 6.47. The molecule has 1 atom stereocenters. The second kappa shape index (κ2) is 8.39. The lowest BCUT2D eigenvalue weighted by Gasteiger charge is -2.45. The zero-order valence-corrected chi connectivity index (χ0v) is 20.9. The number of hydrogen-bond donors (Lipinski definition) is 2. The van der Waals surface area contributed by atoms with Gasteiger partial charge >= 0.3 is 0 Å². The Morgan fingerprint density at radius 3 is 2.57 bits per heavy atom. The van der Waals surface area contributed by atoms with Crippen LogP contribution in [0.2, 0.25) is 0 Å². The topological polar surface area (TPSA) is 128 Å². The Balaban J connectivity index is 1.49. The zero-order valence-electron chi connectivity index (χ0n) is 20.9. The third kappa shape index (κ3) is 3.70. The van der Waals surface area contributed by atoms with Gasteiger partial charge in [-0.1, -0.05) is 12.8 Å². The molecule has 0 saturated heterocycles. The Morgan fingerprint density at radius 2 is 1.95 bits per heavy atom. The average Bonchev–Trinajstić information content (AvgIpc) is 3.55. The van der Waals surface area contributed by atoms with E-state index in [1.165, 1.54) is 46.9 Å². The van der Waals surface area contributed by atoms with Crippen LogP contribution in [0.3, 0.4) is 0 Å². The van der Waals surface area contributed by atoms with Crippen LogP contribution in [0.15, 0.2) is 29.2 Å². The number of fused-ring (bicyclic) bond motifs is 2. The molecule has 0 aromatic carbocycles. The van der Waals surface area contributed by atoms with Gasteiger partial charge in [-0.05, 0) is 57.1 Å². The molecule has 11 heteroatoms. The maximum absolute atomic E-state index is 13.6. The number of rotatable bonds is 6. The van der Waals surface area contributed by atoms with Crippen molar-refractivity contribution in [3.8, 4) is 0 Å². The number of aromatic nitrogens is 4. The van der Waals surface area contributed by atoms with E-state index in [-0.39, 0.29) is 47.1 Å². The van der Waals surface area contributed by atoms with Crippen molar-refractivity contribution in [1.82, 2.24) is 24.1 Å². The highest BCUT2D eigenvalue weighted by Crippen LogP contribution is 2.53. The summed E-state index contributed by atoms with van der Waals surface area (Å²) < 4.78 is 16.3. The molecule has 1 aliphatic heterocycles. The maximum Gasteiger partial charge on any atom is 0.280 e. The number of carbonyl (C=O) groups excluding carboxylic acids is 2. The van der Waals surface area contributed by atoms with Crippen LogP contribution in [0.4, 0.5) is 10.2 Å². The van der Waals surface area contributed by atoms with Gasteiger partial charge in [0, 0.05) is 18.2 Å². The lowest BCUT2D eigenvalue weighted by molar-refractivity contribution is -0.120. The molecule has 3 N–H and O–H groups in total. The average molecular weight is 508 g/mol. The molecule has 4 heterocycles. The largest absolute Gasteiger partial charge is 0.368 e. The second-order valence-corrected chi connectivity index (χ2v) is 11.0. The molecule has 6 rings (SSSR count). The highest BCUT2D eigenvalue weighted by Gasteiger charge is 2.46. The fourth-order valence-electron chi connectivity index (χ4n) is 6.47. The first kappa shape index (κ1) is 23.6. The van der Waals surface area contributed by atoms with E-state index in [1.54, 1.807) is 11.0 Å². The Morgan fingerprint density at radius 1 is 1.22 bits per heavy atom. The summed E-state index contributed by atoms with van der Waals surface area (Å²) in [5, 5.41) is 7.98. The van der Waals surface area contributed by atoms with E-state index in [1.807, 2.05) is 13.8 Å². The number of nitrogens with two attached hydrogens (primary N) is 1. The summed E-state index contributed by atoms with van der Waals surface area (Å²) in [5.74, 6) is -1.24. The van der Waals surface area contributed by atoms with Crippen LogP contribution in [0.5, 0.6) is 0 Å². The van der Waals surface area contributed by atoms with Crippen LogP contribution >= 0.6 is 0 Å². The minimum atomic E-state index is -1.25. The van der Waals surface area contributed by atoms with E-state index < -0.39 is 23.3 Å².